The van der Waals surface area contributed by atoms with Crippen molar-refractivity contribution in [2.24, 2.45) is 10.9 Å². The molecule has 2 atom stereocenters. The predicted octanol–water partition coefficient (Wildman–Crippen LogP) is 0.341. The second kappa shape index (κ2) is 9.56. The van der Waals surface area contributed by atoms with Gasteiger partial charge >= 0.3 is 18.0 Å². The molecule has 0 saturated carbocycles. The highest BCUT2D eigenvalue weighted by Gasteiger charge is 2.17. The van der Waals surface area contributed by atoms with Crippen LogP contribution in [0.2, 0.25) is 0 Å². The maximum Gasteiger partial charge on any atom is 0.407 e. The molecular formula is C12H20N2O7. The molecule has 21 heavy (non-hydrogen) atoms. The summed E-state index contributed by atoms with van der Waals surface area (Å²) in [7, 11) is 0. The minimum Gasteiger partial charge on any atom is -0.480 e. The van der Waals surface area contributed by atoms with E-state index in [0.29, 0.717) is 0 Å². The van der Waals surface area contributed by atoms with Crippen molar-refractivity contribution in [3.8, 4) is 0 Å². The Hall–Kier alpha value is -2.32. The van der Waals surface area contributed by atoms with Crippen molar-refractivity contribution in [1.29, 1.82) is 0 Å². The Morgan fingerprint density at radius 2 is 1.81 bits per heavy atom. The summed E-state index contributed by atoms with van der Waals surface area (Å²) in [6, 6.07) is 0. The molecular weight excluding hydrogens is 284 g/mol. The summed E-state index contributed by atoms with van der Waals surface area (Å²) in [4.78, 5) is 35.4. The summed E-state index contributed by atoms with van der Waals surface area (Å²) < 4.78 is 10.2. The molecule has 0 aliphatic rings. The van der Waals surface area contributed by atoms with Gasteiger partial charge in [0, 0.05) is 12.8 Å². The van der Waals surface area contributed by atoms with Crippen LogP contribution in [0, 0.1) is 5.92 Å². The maximum absolute atomic E-state index is 11.1. The third kappa shape index (κ3) is 10.2. The SMILES string of the molecule is CC(=NCC(=O)O)OC(C)C(C)COC(=O)NCC(=O)O. The van der Waals surface area contributed by atoms with Crippen LogP contribution in [-0.2, 0) is 19.1 Å². The molecule has 0 aliphatic carbocycles. The van der Waals surface area contributed by atoms with Gasteiger partial charge in [-0.15, -0.1) is 0 Å². The van der Waals surface area contributed by atoms with E-state index in [9.17, 15) is 14.4 Å². The molecule has 0 aromatic carbocycles. The van der Waals surface area contributed by atoms with Crippen molar-refractivity contribution in [2.45, 2.75) is 26.9 Å². The molecule has 0 heterocycles. The molecule has 9 heteroatoms. The van der Waals surface area contributed by atoms with E-state index in [4.69, 9.17) is 19.7 Å². The summed E-state index contributed by atoms with van der Waals surface area (Å²) >= 11 is 0. The minimum atomic E-state index is -1.16. The Morgan fingerprint density at radius 3 is 2.33 bits per heavy atom. The van der Waals surface area contributed by atoms with Gasteiger partial charge in [0.25, 0.3) is 0 Å². The highest BCUT2D eigenvalue weighted by Crippen LogP contribution is 2.08. The van der Waals surface area contributed by atoms with Crippen molar-refractivity contribution >= 4 is 23.9 Å². The fourth-order valence-corrected chi connectivity index (χ4v) is 1.14. The summed E-state index contributed by atoms with van der Waals surface area (Å²) in [6.45, 7) is 4.16. The van der Waals surface area contributed by atoms with Crippen molar-refractivity contribution < 1.29 is 34.1 Å². The topological polar surface area (TPSA) is 135 Å². The number of rotatable bonds is 8. The number of carboxylic acids is 2. The lowest BCUT2D eigenvalue weighted by molar-refractivity contribution is -0.136. The Labute approximate surface area is 121 Å². The standard InChI is InChI=1S/C12H20N2O7/c1-7(6-20-12(19)14-5-11(17)18)8(2)21-9(3)13-4-10(15)16/h7-8H,4-6H2,1-3H3,(H,14,19)(H,15,16)(H,17,18). The average Bonchev–Trinajstić information content (AvgIpc) is 2.39. The van der Waals surface area contributed by atoms with E-state index >= 15 is 0 Å². The number of ether oxygens (including phenoxy) is 2. The number of nitrogens with one attached hydrogen (secondary N) is 1. The molecule has 0 saturated heterocycles. The van der Waals surface area contributed by atoms with E-state index in [-0.39, 0.29) is 31.1 Å². The molecule has 0 spiro atoms. The van der Waals surface area contributed by atoms with E-state index in [1.54, 1.807) is 13.8 Å². The van der Waals surface area contributed by atoms with Crippen LogP contribution < -0.4 is 5.32 Å². The molecule has 0 fully saturated rings. The fraction of sp³-hybridized carbons (Fsp3) is 0.667. The van der Waals surface area contributed by atoms with E-state index in [0.717, 1.165) is 0 Å². The number of carbonyl (C=O) groups excluding carboxylic acids is 1. The maximum atomic E-state index is 11.1. The van der Waals surface area contributed by atoms with Crippen molar-refractivity contribution in [2.75, 3.05) is 19.7 Å². The lowest BCUT2D eigenvalue weighted by Gasteiger charge is -2.21. The zero-order valence-electron chi connectivity index (χ0n) is 12.2. The number of carbonyl (C=O) groups is 3. The van der Waals surface area contributed by atoms with Gasteiger partial charge in [0.15, 0.2) is 5.90 Å². The fourth-order valence-electron chi connectivity index (χ4n) is 1.14. The average molecular weight is 304 g/mol. The number of hydrogen-bond acceptors (Lipinski definition) is 6. The van der Waals surface area contributed by atoms with Crippen LogP contribution in [0.3, 0.4) is 0 Å². The largest absolute Gasteiger partial charge is 0.480 e. The zero-order chi connectivity index (χ0) is 16.4. The Balaban J connectivity index is 4.07. The number of alkyl carbamates (subject to hydrolysis) is 1. The normalized spacial score (nSPS) is 14.0. The highest BCUT2D eigenvalue weighted by molar-refractivity contribution is 5.78. The Bertz CT molecular complexity index is 408. The van der Waals surface area contributed by atoms with Crippen LogP contribution in [0.4, 0.5) is 4.79 Å². The van der Waals surface area contributed by atoms with Crippen LogP contribution in [0.1, 0.15) is 20.8 Å². The molecule has 0 rings (SSSR count). The first kappa shape index (κ1) is 18.7. The molecule has 0 aromatic rings. The second-order valence-electron chi connectivity index (χ2n) is 4.37. The monoisotopic (exact) mass is 304 g/mol. The number of nitrogens with zero attached hydrogens (tertiary/aromatic N) is 1. The first-order valence-electron chi connectivity index (χ1n) is 6.24. The molecule has 1 amide bonds. The molecule has 0 aliphatic heterocycles. The molecule has 0 bridgehead atoms. The lowest BCUT2D eigenvalue weighted by Crippen LogP contribution is -2.33. The van der Waals surface area contributed by atoms with E-state index < -0.39 is 24.6 Å². The van der Waals surface area contributed by atoms with Crippen molar-refractivity contribution in [1.82, 2.24) is 5.32 Å². The predicted molar refractivity (Wildman–Crippen MR) is 72.3 cm³/mol. The number of aliphatic imine (C=N–C) groups is 1. The lowest BCUT2D eigenvalue weighted by atomic mass is 10.1. The van der Waals surface area contributed by atoms with E-state index in [1.807, 2.05) is 0 Å². The summed E-state index contributed by atoms with van der Waals surface area (Å²) in [6.07, 6.45) is -1.18. The molecule has 0 aromatic heterocycles. The van der Waals surface area contributed by atoms with Crippen LogP contribution in [0.5, 0.6) is 0 Å². The van der Waals surface area contributed by atoms with Gasteiger partial charge in [0.1, 0.15) is 19.2 Å². The van der Waals surface area contributed by atoms with Crippen LogP contribution in [0.15, 0.2) is 4.99 Å². The smallest absolute Gasteiger partial charge is 0.407 e. The first-order chi connectivity index (χ1) is 9.72. The van der Waals surface area contributed by atoms with Crippen LogP contribution >= 0.6 is 0 Å². The summed E-state index contributed by atoms with van der Waals surface area (Å²) in [5.74, 6) is -2.18. The summed E-state index contributed by atoms with van der Waals surface area (Å²) in [5, 5.41) is 18.9. The van der Waals surface area contributed by atoms with Crippen LogP contribution in [-0.4, -0.2) is 59.9 Å². The second-order valence-corrected chi connectivity index (χ2v) is 4.37. The van der Waals surface area contributed by atoms with Crippen molar-refractivity contribution in [3.05, 3.63) is 0 Å². The molecule has 120 valence electrons. The van der Waals surface area contributed by atoms with Gasteiger partial charge in [0.2, 0.25) is 0 Å². The quantitative estimate of drug-likeness (QED) is 0.434. The zero-order valence-corrected chi connectivity index (χ0v) is 12.2. The Kier molecular flexibility index (Phi) is 8.51. The third-order valence-electron chi connectivity index (χ3n) is 2.46. The highest BCUT2D eigenvalue weighted by atomic mass is 16.6. The Morgan fingerprint density at radius 1 is 1.19 bits per heavy atom. The van der Waals surface area contributed by atoms with Gasteiger partial charge in [-0.1, -0.05) is 6.92 Å². The van der Waals surface area contributed by atoms with E-state index in [2.05, 4.69) is 10.3 Å². The molecule has 2 unspecified atom stereocenters. The van der Waals surface area contributed by atoms with Gasteiger partial charge in [-0.3, -0.25) is 9.59 Å². The van der Waals surface area contributed by atoms with E-state index in [1.165, 1.54) is 6.92 Å². The van der Waals surface area contributed by atoms with Gasteiger partial charge in [0.05, 0.1) is 6.61 Å². The third-order valence-corrected chi connectivity index (χ3v) is 2.46. The van der Waals surface area contributed by atoms with Crippen molar-refractivity contribution in [3.63, 3.8) is 0 Å². The van der Waals surface area contributed by atoms with Crippen LogP contribution in [0.25, 0.3) is 0 Å². The summed E-state index contributed by atoms with van der Waals surface area (Å²) in [5.41, 5.74) is 0. The number of amides is 1. The number of carboxylic acid groups (broad SMARTS) is 2. The van der Waals surface area contributed by atoms with Gasteiger partial charge in [-0.25, -0.2) is 9.79 Å². The molecule has 9 nitrogen and oxygen atoms in total. The molecule has 3 N–H and O–H groups in total. The number of hydrogen-bond donors (Lipinski definition) is 3. The van der Waals surface area contributed by atoms with Gasteiger partial charge < -0.3 is 25.0 Å². The minimum absolute atomic E-state index is 0.0266. The van der Waals surface area contributed by atoms with Gasteiger partial charge in [-0.2, -0.15) is 0 Å². The molecule has 0 radical (unpaired) electrons. The first-order valence-corrected chi connectivity index (χ1v) is 6.24. The van der Waals surface area contributed by atoms with Gasteiger partial charge in [-0.05, 0) is 6.92 Å². The number of aliphatic carboxylic acids is 2.